The van der Waals surface area contributed by atoms with Crippen LogP contribution in [-0.2, 0) is 26.6 Å². The number of hydrogen-bond donors (Lipinski definition) is 1. The molecule has 0 atom stereocenters. The van der Waals surface area contributed by atoms with E-state index >= 15 is 0 Å². The molecule has 0 aliphatic carbocycles. The molecule has 0 spiro atoms. The van der Waals surface area contributed by atoms with E-state index in [-0.39, 0.29) is 30.1 Å². The molecule has 0 aliphatic heterocycles. The zero-order valence-corrected chi connectivity index (χ0v) is 15.4. The van der Waals surface area contributed by atoms with Gasteiger partial charge in [0.25, 0.3) is 0 Å². The predicted octanol–water partition coefficient (Wildman–Crippen LogP) is 1.47. The third-order valence-corrected chi connectivity index (χ3v) is 6.18. The van der Waals surface area contributed by atoms with Gasteiger partial charge in [0.2, 0.25) is 20.0 Å². The van der Waals surface area contributed by atoms with Gasteiger partial charge in [-0.1, -0.05) is 0 Å². The molecule has 0 saturated heterocycles. The molecule has 0 bridgehead atoms. The van der Waals surface area contributed by atoms with Gasteiger partial charge < -0.3 is 4.42 Å². The Kier molecular flexibility index (Phi) is 5.99. The van der Waals surface area contributed by atoms with Gasteiger partial charge in [-0.2, -0.15) is 4.31 Å². The van der Waals surface area contributed by atoms with Gasteiger partial charge in [-0.05, 0) is 42.8 Å². The van der Waals surface area contributed by atoms with Crippen LogP contribution < -0.4 is 4.72 Å². The van der Waals surface area contributed by atoms with Crippen molar-refractivity contribution < 1.29 is 25.6 Å². The van der Waals surface area contributed by atoms with Crippen LogP contribution >= 0.6 is 0 Å². The van der Waals surface area contributed by atoms with Crippen LogP contribution in [-0.4, -0.2) is 40.5 Å². The highest BCUT2D eigenvalue weighted by Gasteiger charge is 2.20. The lowest BCUT2D eigenvalue weighted by molar-refractivity contribution is 0.368. The number of furan rings is 1. The maximum absolute atomic E-state index is 13.3. The average molecular weight is 390 g/mol. The molecule has 0 fully saturated rings. The molecule has 2 aromatic rings. The second kappa shape index (κ2) is 7.65. The fourth-order valence-corrected chi connectivity index (χ4v) is 4.00. The standard InChI is InChI=1S/C15H19FN2O5S2/c1-12-10-14(5-6-15(12)16)25(21,22)17-7-8-18(24(2,19)20)11-13-4-3-9-23-13/h3-6,9-10,17H,7-8,11H2,1-2H3. The van der Waals surface area contributed by atoms with Crippen molar-refractivity contribution in [2.24, 2.45) is 0 Å². The Hall–Kier alpha value is -1.75. The molecular formula is C15H19FN2O5S2. The molecule has 1 N–H and O–H groups in total. The van der Waals surface area contributed by atoms with E-state index in [1.165, 1.54) is 19.3 Å². The maximum atomic E-state index is 13.3. The van der Waals surface area contributed by atoms with Gasteiger partial charge in [0, 0.05) is 13.1 Å². The van der Waals surface area contributed by atoms with Crippen LogP contribution in [0, 0.1) is 12.7 Å². The largest absolute Gasteiger partial charge is 0.468 e. The number of sulfonamides is 2. The summed E-state index contributed by atoms with van der Waals surface area (Å²) < 4.78 is 69.9. The summed E-state index contributed by atoms with van der Waals surface area (Å²) >= 11 is 0. The van der Waals surface area contributed by atoms with Gasteiger partial charge in [-0.15, -0.1) is 0 Å². The van der Waals surface area contributed by atoms with Crippen LogP contribution in [0.4, 0.5) is 4.39 Å². The van der Waals surface area contributed by atoms with Gasteiger partial charge in [0.05, 0.1) is 24.0 Å². The van der Waals surface area contributed by atoms with E-state index in [1.807, 2.05) is 0 Å². The Morgan fingerprint density at radius 2 is 1.92 bits per heavy atom. The number of nitrogens with zero attached hydrogens (tertiary/aromatic N) is 1. The minimum Gasteiger partial charge on any atom is -0.468 e. The highest BCUT2D eigenvalue weighted by Crippen LogP contribution is 2.14. The van der Waals surface area contributed by atoms with Crippen LogP contribution in [0.5, 0.6) is 0 Å². The fourth-order valence-electron chi connectivity index (χ4n) is 2.11. The number of hydrogen-bond acceptors (Lipinski definition) is 5. The third-order valence-electron chi connectivity index (χ3n) is 3.47. The van der Waals surface area contributed by atoms with Crippen LogP contribution in [0.3, 0.4) is 0 Å². The van der Waals surface area contributed by atoms with E-state index in [0.717, 1.165) is 22.7 Å². The quantitative estimate of drug-likeness (QED) is 0.736. The van der Waals surface area contributed by atoms with Gasteiger partial charge >= 0.3 is 0 Å². The maximum Gasteiger partial charge on any atom is 0.240 e. The van der Waals surface area contributed by atoms with E-state index < -0.39 is 25.9 Å². The molecule has 2 rings (SSSR count). The second-order valence-electron chi connectivity index (χ2n) is 5.48. The van der Waals surface area contributed by atoms with Crippen LogP contribution in [0.15, 0.2) is 45.9 Å². The molecule has 0 aliphatic rings. The third kappa shape index (κ3) is 5.36. The van der Waals surface area contributed by atoms with E-state index in [9.17, 15) is 21.2 Å². The minimum absolute atomic E-state index is 0.00319. The van der Waals surface area contributed by atoms with Crippen LogP contribution in [0.2, 0.25) is 0 Å². The van der Waals surface area contributed by atoms with Crippen LogP contribution in [0.1, 0.15) is 11.3 Å². The van der Waals surface area contributed by atoms with Crippen molar-refractivity contribution in [3.63, 3.8) is 0 Å². The van der Waals surface area contributed by atoms with Gasteiger partial charge in [0.1, 0.15) is 11.6 Å². The molecule has 1 heterocycles. The normalized spacial score (nSPS) is 12.6. The molecule has 0 unspecified atom stereocenters. The molecule has 1 aromatic heterocycles. The van der Waals surface area contributed by atoms with Crippen molar-refractivity contribution in [3.05, 3.63) is 53.7 Å². The summed E-state index contributed by atoms with van der Waals surface area (Å²) in [5.74, 6) is -0.0527. The molecule has 0 radical (unpaired) electrons. The van der Waals surface area contributed by atoms with Crippen LogP contribution in [0.25, 0.3) is 0 Å². The smallest absolute Gasteiger partial charge is 0.240 e. The first kappa shape index (κ1) is 19.6. The summed E-state index contributed by atoms with van der Waals surface area (Å²) in [6.07, 6.45) is 2.46. The summed E-state index contributed by atoms with van der Waals surface area (Å²) in [7, 11) is -7.41. The zero-order chi connectivity index (χ0) is 18.7. The second-order valence-corrected chi connectivity index (χ2v) is 9.23. The van der Waals surface area contributed by atoms with Gasteiger partial charge in [-0.25, -0.2) is 25.9 Å². The molecule has 25 heavy (non-hydrogen) atoms. The van der Waals surface area contributed by atoms with Gasteiger partial charge in [0.15, 0.2) is 0 Å². The molecule has 1 aromatic carbocycles. The number of benzene rings is 1. The minimum atomic E-state index is -3.86. The van der Waals surface area contributed by atoms with Crippen molar-refractivity contribution in [2.45, 2.75) is 18.4 Å². The van der Waals surface area contributed by atoms with Crippen molar-refractivity contribution in [3.8, 4) is 0 Å². The molecule has 0 saturated carbocycles. The highest BCUT2D eigenvalue weighted by atomic mass is 32.2. The van der Waals surface area contributed by atoms with E-state index in [1.54, 1.807) is 12.1 Å². The van der Waals surface area contributed by atoms with Crippen molar-refractivity contribution >= 4 is 20.0 Å². The fraction of sp³-hybridized carbons (Fsp3) is 0.333. The zero-order valence-electron chi connectivity index (χ0n) is 13.8. The lowest BCUT2D eigenvalue weighted by atomic mass is 10.2. The Morgan fingerprint density at radius 3 is 2.48 bits per heavy atom. The monoisotopic (exact) mass is 390 g/mol. The molecule has 138 valence electrons. The Balaban J connectivity index is 2.04. The summed E-state index contributed by atoms with van der Waals surface area (Å²) in [6.45, 7) is 1.26. The topological polar surface area (TPSA) is 96.7 Å². The Morgan fingerprint density at radius 1 is 1.20 bits per heavy atom. The first-order chi connectivity index (χ1) is 11.6. The van der Waals surface area contributed by atoms with E-state index in [4.69, 9.17) is 4.42 Å². The van der Waals surface area contributed by atoms with Crippen molar-refractivity contribution in [1.29, 1.82) is 0 Å². The highest BCUT2D eigenvalue weighted by molar-refractivity contribution is 7.89. The van der Waals surface area contributed by atoms with Crippen molar-refractivity contribution in [2.75, 3.05) is 19.3 Å². The lowest BCUT2D eigenvalue weighted by Crippen LogP contribution is -2.37. The SMILES string of the molecule is Cc1cc(S(=O)(=O)NCCN(Cc2ccco2)S(C)(=O)=O)ccc1F. The number of halogens is 1. The molecule has 0 amide bonds. The Labute approximate surface area is 146 Å². The molecular weight excluding hydrogens is 371 g/mol. The predicted molar refractivity (Wildman–Crippen MR) is 90.3 cm³/mol. The van der Waals surface area contributed by atoms with Gasteiger partial charge in [-0.3, -0.25) is 0 Å². The first-order valence-electron chi connectivity index (χ1n) is 7.33. The molecule has 10 heteroatoms. The summed E-state index contributed by atoms with van der Waals surface area (Å²) in [6, 6.07) is 6.71. The van der Waals surface area contributed by atoms with E-state index in [2.05, 4.69) is 4.72 Å². The number of nitrogens with one attached hydrogen (secondary N) is 1. The summed E-state index contributed by atoms with van der Waals surface area (Å²) in [4.78, 5) is -0.0802. The average Bonchev–Trinajstić information content (AvgIpc) is 3.01. The Bertz CT molecular complexity index is 925. The van der Waals surface area contributed by atoms with Crippen molar-refractivity contribution in [1.82, 2.24) is 9.03 Å². The number of aryl methyl sites for hydroxylation is 1. The first-order valence-corrected chi connectivity index (χ1v) is 10.7. The summed E-state index contributed by atoms with van der Waals surface area (Å²) in [5.41, 5.74) is 0.207. The lowest BCUT2D eigenvalue weighted by Gasteiger charge is -2.19. The molecule has 7 nitrogen and oxygen atoms in total. The summed E-state index contributed by atoms with van der Waals surface area (Å²) in [5, 5.41) is 0. The van der Waals surface area contributed by atoms with E-state index in [0.29, 0.717) is 5.76 Å². The number of rotatable bonds is 8.